The number of hydrogen-bond donors (Lipinski definition) is 1. The number of hydrogen-bond acceptors (Lipinski definition) is 6. The molecule has 0 amide bonds. The molecule has 1 aliphatic rings. The van der Waals surface area contributed by atoms with Gasteiger partial charge in [0.05, 0.1) is 26.5 Å². The van der Waals surface area contributed by atoms with Gasteiger partial charge in [-0.25, -0.2) is 4.98 Å². The second-order valence-electron chi connectivity index (χ2n) is 3.93. The van der Waals surface area contributed by atoms with Crippen LogP contribution in [0.1, 0.15) is 0 Å². The lowest BCUT2D eigenvalue weighted by Crippen LogP contribution is -2.39. The summed E-state index contributed by atoms with van der Waals surface area (Å²) in [5, 5.41) is 3.69. The van der Waals surface area contributed by atoms with E-state index >= 15 is 0 Å². The molecule has 1 N–H and O–H groups in total. The van der Waals surface area contributed by atoms with E-state index in [1.54, 1.807) is 0 Å². The average Bonchev–Trinajstić information content (AvgIpc) is 2.42. The van der Waals surface area contributed by atoms with E-state index in [2.05, 4.69) is 20.2 Å². The number of nitrogens with zero attached hydrogens (tertiary/aromatic N) is 3. The quantitative estimate of drug-likeness (QED) is 0.859. The molecular weight excluding hydrogens is 256 g/mol. The molecule has 0 aromatic carbocycles. The lowest BCUT2D eigenvalue weighted by molar-refractivity contribution is 0.0398. The molecule has 0 atom stereocenters. The summed E-state index contributed by atoms with van der Waals surface area (Å²) in [4.78, 5) is 10.4. The summed E-state index contributed by atoms with van der Waals surface area (Å²) < 4.78 is 10.3. The summed E-state index contributed by atoms with van der Waals surface area (Å²) in [6.45, 7) is 5.28. The molecule has 2 rings (SSSR count). The van der Waals surface area contributed by atoms with E-state index in [1.807, 2.05) is 0 Å². The monoisotopic (exact) mass is 272 g/mol. The molecule has 1 saturated heterocycles. The largest absolute Gasteiger partial charge is 0.467 e. The van der Waals surface area contributed by atoms with Crippen LogP contribution >= 0.6 is 11.6 Å². The van der Waals surface area contributed by atoms with Gasteiger partial charge in [-0.05, 0) is 0 Å². The Morgan fingerprint density at radius 1 is 1.50 bits per heavy atom. The van der Waals surface area contributed by atoms with Crippen LogP contribution in [0.3, 0.4) is 0 Å². The fourth-order valence-electron chi connectivity index (χ4n) is 1.73. The predicted octanol–water partition coefficient (Wildman–Crippen LogP) is 0.883. The Balaban J connectivity index is 1.81. The Morgan fingerprint density at radius 3 is 3.00 bits per heavy atom. The van der Waals surface area contributed by atoms with Gasteiger partial charge in [0, 0.05) is 26.2 Å². The Hall–Kier alpha value is -1.11. The van der Waals surface area contributed by atoms with Crippen LogP contribution in [0.5, 0.6) is 6.01 Å². The molecule has 0 aliphatic carbocycles. The van der Waals surface area contributed by atoms with Crippen molar-refractivity contribution in [2.24, 2.45) is 0 Å². The summed E-state index contributed by atoms with van der Waals surface area (Å²) in [7, 11) is 1.53. The smallest absolute Gasteiger partial charge is 0.318 e. The lowest BCUT2D eigenvalue weighted by atomic mass is 10.4. The summed E-state index contributed by atoms with van der Waals surface area (Å²) in [6.07, 6.45) is 1.53. The van der Waals surface area contributed by atoms with Crippen molar-refractivity contribution in [2.75, 3.05) is 51.8 Å². The molecule has 7 heteroatoms. The molecule has 0 unspecified atom stereocenters. The van der Waals surface area contributed by atoms with Crippen molar-refractivity contribution in [3.63, 3.8) is 0 Å². The van der Waals surface area contributed by atoms with Crippen molar-refractivity contribution in [1.82, 2.24) is 14.9 Å². The zero-order valence-electron chi connectivity index (χ0n) is 10.4. The van der Waals surface area contributed by atoms with Gasteiger partial charge in [-0.15, -0.1) is 0 Å². The maximum absolute atomic E-state index is 6.00. The van der Waals surface area contributed by atoms with Gasteiger partial charge in [0.1, 0.15) is 5.02 Å². The molecule has 1 fully saturated rings. The number of aromatic nitrogens is 2. The highest BCUT2D eigenvalue weighted by Crippen LogP contribution is 2.19. The van der Waals surface area contributed by atoms with Gasteiger partial charge in [0.15, 0.2) is 5.82 Å². The molecule has 0 spiro atoms. The molecule has 1 aromatic rings. The van der Waals surface area contributed by atoms with Crippen molar-refractivity contribution < 1.29 is 9.47 Å². The van der Waals surface area contributed by atoms with Crippen molar-refractivity contribution in [2.45, 2.75) is 0 Å². The number of anilines is 1. The molecule has 0 radical (unpaired) electrons. The highest BCUT2D eigenvalue weighted by molar-refractivity contribution is 6.32. The van der Waals surface area contributed by atoms with E-state index < -0.39 is 0 Å². The minimum absolute atomic E-state index is 0.313. The van der Waals surface area contributed by atoms with Crippen molar-refractivity contribution >= 4 is 17.4 Å². The first-order chi connectivity index (χ1) is 8.79. The molecule has 0 saturated carbocycles. The van der Waals surface area contributed by atoms with Gasteiger partial charge in [0.25, 0.3) is 0 Å². The zero-order chi connectivity index (χ0) is 12.8. The van der Waals surface area contributed by atoms with E-state index in [4.69, 9.17) is 21.1 Å². The molecule has 1 aliphatic heterocycles. The van der Waals surface area contributed by atoms with Crippen LogP contribution in [0, 0.1) is 0 Å². The molecule has 2 heterocycles. The SMILES string of the molecule is COc1ncc(Cl)c(NCCN2CCOCC2)n1. The summed E-state index contributed by atoms with van der Waals surface area (Å²) in [6, 6.07) is 0.313. The number of methoxy groups -OCH3 is 1. The fraction of sp³-hybridized carbons (Fsp3) is 0.636. The van der Waals surface area contributed by atoms with E-state index in [0.717, 1.165) is 39.4 Å². The maximum atomic E-state index is 6.00. The molecule has 18 heavy (non-hydrogen) atoms. The van der Waals surface area contributed by atoms with Crippen LogP contribution in [-0.4, -0.2) is 61.4 Å². The van der Waals surface area contributed by atoms with Crippen LogP contribution in [-0.2, 0) is 4.74 Å². The Morgan fingerprint density at radius 2 is 2.28 bits per heavy atom. The predicted molar refractivity (Wildman–Crippen MR) is 69.3 cm³/mol. The number of halogens is 1. The highest BCUT2D eigenvalue weighted by atomic mass is 35.5. The van der Waals surface area contributed by atoms with Gasteiger partial charge in [-0.1, -0.05) is 11.6 Å². The standard InChI is InChI=1S/C11H17ClN4O2/c1-17-11-14-8-9(12)10(15-11)13-2-3-16-4-6-18-7-5-16/h8H,2-7H2,1H3,(H,13,14,15). The van der Waals surface area contributed by atoms with E-state index in [-0.39, 0.29) is 0 Å². The first-order valence-corrected chi connectivity index (χ1v) is 6.28. The lowest BCUT2D eigenvalue weighted by Gasteiger charge is -2.26. The third-order valence-corrected chi connectivity index (χ3v) is 3.01. The van der Waals surface area contributed by atoms with Crippen molar-refractivity contribution in [3.8, 4) is 6.01 Å². The highest BCUT2D eigenvalue weighted by Gasteiger charge is 2.10. The molecule has 6 nitrogen and oxygen atoms in total. The summed E-state index contributed by atoms with van der Waals surface area (Å²) >= 11 is 6.00. The topological polar surface area (TPSA) is 59.5 Å². The molecule has 0 bridgehead atoms. The van der Waals surface area contributed by atoms with Crippen molar-refractivity contribution in [1.29, 1.82) is 0 Å². The van der Waals surface area contributed by atoms with Crippen LogP contribution in [0.4, 0.5) is 5.82 Å². The second-order valence-corrected chi connectivity index (χ2v) is 4.34. The zero-order valence-corrected chi connectivity index (χ0v) is 11.1. The third-order valence-electron chi connectivity index (χ3n) is 2.73. The summed E-state index contributed by atoms with van der Waals surface area (Å²) in [5.41, 5.74) is 0. The van der Waals surface area contributed by atoms with Gasteiger partial charge < -0.3 is 14.8 Å². The molecular formula is C11H17ClN4O2. The summed E-state index contributed by atoms with van der Waals surface area (Å²) in [5.74, 6) is 0.608. The van der Waals surface area contributed by atoms with E-state index in [9.17, 15) is 0 Å². The molecule has 100 valence electrons. The number of morpholine rings is 1. The average molecular weight is 273 g/mol. The Labute approximate surface area is 111 Å². The van der Waals surface area contributed by atoms with Gasteiger partial charge in [0.2, 0.25) is 0 Å². The first-order valence-electron chi connectivity index (χ1n) is 5.90. The van der Waals surface area contributed by atoms with Crippen LogP contribution in [0.2, 0.25) is 5.02 Å². The van der Waals surface area contributed by atoms with Crippen LogP contribution < -0.4 is 10.1 Å². The molecule has 1 aromatic heterocycles. The Kier molecular flexibility index (Phi) is 4.98. The third kappa shape index (κ3) is 3.69. The van der Waals surface area contributed by atoms with Gasteiger partial charge in [-0.3, -0.25) is 4.90 Å². The van der Waals surface area contributed by atoms with E-state index in [0.29, 0.717) is 16.9 Å². The normalized spacial score (nSPS) is 16.6. The number of rotatable bonds is 5. The minimum Gasteiger partial charge on any atom is -0.467 e. The minimum atomic E-state index is 0.313. The number of ether oxygens (including phenoxy) is 2. The second kappa shape index (κ2) is 6.72. The fourth-order valence-corrected chi connectivity index (χ4v) is 1.89. The van der Waals surface area contributed by atoms with E-state index in [1.165, 1.54) is 13.3 Å². The van der Waals surface area contributed by atoms with Crippen LogP contribution in [0.15, 0.2) is 6.20 Å². The van der Waals surface area contributed by atoms with Crippen molar-refractivity contribution in [3.05, 3.63) is 11.2 Å². The van der Waals surface area contributed by atoms with Gasteiger partial charge >= 0.3 is 6.01 Å². The van der Waals surface area contributed by atoms with Gasteiger partial charge in [-0.2, -0.15) is 4.98 Å². The van der Waals surface area contributed by atoms with Crippen LogP contribution in [0.25, 0.3) is 0 Å². The number of nitrogens with one attached hydrogen (secondary N) is 1. The first kappa shape index (κ1) is 13.3. The maximum Gasteiger partial charge on any atom is 0.318 e. The Bertz CT molecular complexity index is 385.